The summed E-state index contributed by atoms with van der Waals surface area (Å²) in [5.74, 6) is 0.269. The number of fused-ring (bicyclic) bond motifs is 3. The summed E-state index contributed by atoms with van der Waals surface area (Å²) in [5.41, 5.74) is 1.66. The lowest BCUT2D eigenvalue weighted by molar-refractivity contribution is -0.153. The maximum Gasteiger partial charge on any atom is 0.305 e. The topological polar surface area (TPSA) is 105 Å². The number of carbonyl (C=O) groups excluding carboxylic acids is 1. The number of hydrogen-bond donors (Lipinski definition) is 3. The molecule has 2 aliphatic heterocycles. The normalized spacial score (nSPS) is 29.4. The molecule has 0 aromatic heterocycles. The average Bonchev–Trinajstić information content (AvgIpc) is 3.33. The molecule has 4 rings (SSSR count). The van der Waals surface area contributed by atoms with Gasteiger partial charge in [0.1, 0.15) is 18.0 Å². The molecule has 4 atom stereocenters. The molecule has 1 saturated carbocycles. The lowest BCUT2D eigenvalue weighted by atomic mass is 9.84. The minimum Gasteiger partial charge on any atom is -0.487 e. The number of benzene rings is 1. The molecule has 140 valence electrons. The first-order valence-electron chi connectivity index (χ1n) is 9.12. The number of ether oxygens (including phenoxy) is 2. The van der Waals surface area contributed by atoms with Crippen LogP contribution >= 0.6 is 0 Å². The third-order valence-electron chi connectivity index (χ3n) is 5.36. The fourth-order valence-corrected chi connectivity index (χ4v) is 3.96. The quantitative estimate of drug-likeness (QED) is 0.715. The van der Waals surface area contributed by atoms with E-state index in [2.05, 4.69) is 5.32 Å². The molecule has 1 amide bonds. The molecular weight excluding hydrogens is 338 g/mol. The zero-order valence-corrected chi connectivity index (χ0v) is 14.4. The maximum absolute atomic E-state index is 12.1. The summed E-state index contributed by atoms with van der Waals surface area (Å²) in [5, 5.41) is 21.6. The van der Waals surface area contributed by atoms with E-state index in [9.17, 15) is 14.7 Å². The molecule has 7 heteroatoms. The zero-order chi connectivity index (χ0) is 18.3. The smallest absolute Gasteiger partial charge is 0.305 e. The van der Waals surface area contributed by atoms with Crippen LogP contribution < -0.4 is 10.1 Å². The fraction of sp³-hybridized carbons (Fsp3) is 0.579. The van der Waals surface area contributed by atoms with Crippen LogP contribution in [0.4, 0.5) is 5.69 Å². The molecule has 1 aromatic rings. The highest BCUT2D eigenvalue weighted by Crippen LogP contribution is 2.47. The lowest BCUT2D eigenvalue weighted by Gasteiger charge is -2.36. The minimum atomic E-state index is -0.926. The van der Waals surface area contributed by atoms with E-state index in [0.717, 1.165) is 24.1 Å². The number of carboxylic acids is 1. The number of aliphatic carboxylic acids is 1. The summed E-state index contributed by atoms with van der Waals surface area (Å²) < 4.78 is 11.7. The number of carbonyl (C=O) groups is 2. The van der Waals surface area contributed by atoms with Crippen molar-refractivity contribution < 1.29 is 29.3 Å². The molecule has 0 spiro atoms. The van der Waals surface area contributed by atoms with Crippen molar-refractivity contribution in [2.75, 3.05) is 11.9 Å². The molecular formula is C19H23NO6. The summed E-state index contributed by atoms with van der Waals surface area (Å²) in [4.78, 5) is 23.1. The third-order valence-corrected chi connectivity index (χ3v) is 5.36. The number of hydrogen-bond acceptors (Lipinski definition) is 5. The Bertz CT molecular complexity index is 716. The predicted octanol–water partition coefficient (Wildman–Crippen LogP) is 1.89. The number of anilines is 1. The van der Waals surface area contributed by atoms with Crippen LogP contribution in [-0.2, 0) is 14.3 Å². The van der Waals surface area contributed by atoms with Crippen LogP contribution in [0.25, 0.3) is 0 Å². The summed E-state index contributed by atoms with van der Waals surface area (Å²) in [6.45, 7) is -0.226. The van der Waals surface area contributed by atoms with Crippen LogP contribution in [0.3, 0.4) is 0 Å². The number of rotatable bonds is 6. The van der Waals surface area contributed by atoms with E-state index in [1.807, 2.05) is 18.2 Å². The van der Waals surface area contributed by atoms with Crippen molar-refractivity contribution in [2.45, 2.75) is 56.3 Å². The molecule has 26 heavy (non-hydrogen) atoms. The van der Waals surface area contributed by atoms with Crippen molar-refractivity contribution >= 4 is 17.6 Å². The Morgan fingerprint density at radius 2 is 2.04 bits per heavy atom. The predicted molar refractivity (Wildman–Crippen MR) is 92.2 cm³/mol. The monoisotopic (exact) mass is 361 g/mol. The van der Waals surface area contributed by atoms with E-state index in [1.165, 1.54) is 0 Å². The van der Waals surface area contributed by atoms with Crippen LogP contribution in [0, 0.1) is 5.92 Å². The van der Waals surface area contributed by atoms with Crippen LogP contribution in [0.2, 0.25) is 0 Å². The Hall–Kier alpha value is -2.12. The van der Waals surface area contributed by atoms with Crippen molar-refractivity contribution in [1.29, 1.82) is 0 Å². The van der Waals surface area contributed by atoms with Gasteiger partial charge in [-0.1, -0.05) is 0 Å². The molecule has 1 aliphatic carbocycles. The van der Waals surface area contributed by atoms with Crippen LogP contribution in [0.15, 0.2) is 18.2 Å². The first kappa shape index (κ1) is 17.3. The second-order valence-corrected chi connectivity index (χ2v) is 7.45. The number of aliphatic hydroxyl groups is 1. The third kappa shape index (κ3) is 3.54. The van der Waals surface area contributed by atoms with Gasteiger partial charge in [0, 0.05) is 23.6 Å². The van der Waals surface area contributed by atoms with E-state index < -0.39 is 18.2 Å². The first-order chi connectivity index (χ1) is 12.5. The Labute approximate surface area is 151 Å². The van der Waals surface area contributed by atoms with Gasteiger partial charge >= 0.3 is 5.97 Å². The molecule has 3 N–H and O–H groups in total. The van der Waals surface area contributed by atoms with Crippen molar-refractivity contribution in [3.63, 3.8) is 0 Å². The first-order valence-corrected chi connectivity index (χ1v) is 9.12. The van der Waals surface area contributed by atoms with E-state index >= 15 is 0 Å². The highest BCUT2D eigenvalue weighted by atomic mass is 16.6. The maximum atomic E-state index is 12.1. The second kappa shape index (κ2) is 6.89. The molecule has 1 saturated heterocycles. The molecule has 0 bridgehead atoms. The van der Waals surface area contributed by atoms with Crippen molar-refractivity contribution in [3.05, 3.63) is 23.8 Å². The van der Waals surface area contributed by atoms with Crippen LogP contribution in [-0.4, -0.2) is 47.0 Å². The van der Waals surface area contributed by atoms with Gasteiger partial charge in [0.05, 0.1) is 19.1 Å². The largest absolute Gasteiger partial charge is 0.487 e. The van der Waals surface area contributed by atoms with Crippen molar-refractivity contribution in [3.8, 4) is 5.75 Å². The van der Waals surface area contributed by atoms with Gasteiger partial charge in [-0.05, 0) is 43.4 Å². The lowest BCUT2D eigenvalue weighted by Crippen LogP contribution is -2.46. The van der Waals surface area contributed by atoms with Crippen LogP contribution in [0.5, 0.6) is 5.75 Å². The van der Waals surface area contributed by atoms with Gasteiger partial charge in [0.2, 0.25) is 5.91 Å². The zero-order valence-electron chi connectivity index (χ0n) is 14.4. The summed E-state index contributed by atoms with van der Waals surface area (Å²) >= 11 is 0. The van der Waals surface area contributed by atoms with E-state index in [-0.39, 0.29) is 31.0 Å². The molecule has 0 unspecified atom stereocenters. The van der Waals surface area contributed by atoms with Gasteiger partial charge in [-0.3, -0.25) is 9.59 Å². The average molecular weight is 361 g/mol. The van der Waals surface area contributed by atoms with Crippen LogP contribution in [0.1, 0.15) is 43.6 Å². The number of amides is 1. The Balaban J connectivity index is 1.52. The Morgan fingerprint density at radius 3 is 2.73 bits per heavy atom. The fourth-order valence-electron chi connectivity index (χ4n) is 3.96. The molecule has 3 aliphatic rings. The molecule has 7 nitrogen and oxygen atoms in total. The van der Waals surface area contributed by atoms with E-state index in [1.54, 1.807) is 0 Å². The Morgan fingerprint density at radius 1 is 1.23 bits per heavy atom. The molecule has 2 heterocycles. The van der Waals surface area contributed by atoms with Gasteiger partial charge < -0.3 is 25.0 Å². The molecule has 1 aromatic carbocycles. The number of nitrogens with one attached hydrogen (secondary N) is 1. The molecule has 2 fully saturated rings. The second-order valence-electron chi connectivity index (χ2n) is 7.45. The van der Waals surface area contributed by atoms with E-state index in [4.69, 9.17) is 14.6 Å². The summed E-state index contributed by atoms with van der Waals surface area (Å²) in [6.07, 6.45) is 1.86. The van der Waals surface area contributed by atoms with Crippen molar-refractivity contribution in [2.24, 2.45) is 5.92 Å². The minimum absolute atomic E-state index is 0.0203. The van der Waals surface area contributed by atoms with E-state index in [0.29, 0.717) is 24.5 Å². The van der Waals surface area contributed by atoms with Gasteiger partial charge in [0.25, 0.3) is 0 Å². The summed E-state index contributed by atoms with van der Waals surface area (Å²) in [7, 11) is 0. The number of carboxylic acid groups (broad SMARTS) is 1. The highest BCUT2D eigenvalue weighted by Gasteiger charge is 2.46. The number of aliphatic hydroxyl groups excluding tert-OH is 1. The standard InChI is InChI=1S/C19H23NO6/c21-9-16-19-14(7-12(25-16)8-18(23)24)13-6-11(3-4-15(13)26-19)20-17(22)5-10-1-2-10/h3-4,6,10,12,14,16,19,21H,1-2,5,7-9H2,(H,20,22)(H,23,24)/t12-,14-,16-,19+/m1/s1. The van der Waals surface area contributed by atoms with Crippen molar-refractivity contribution in [1.82, 2.24) is 0 Å². The van der Waals surface area contributed by atoms with Gasteiger partial charge in [-0.15, -0.1) is 0 Å². The SMILES string of the molecule is O=C(O)C[C@H]1C[C@@H]2c3cc(NC(=O)CC4CC4)ccc3O[C@@H]2[C@@H](CO)O1. The highest BCUT2D eigenvalue weighted by molar-refractivity contribution is 5.91. The Kier molecular flexibility index (Phi) is 4.58. The summed E-state index contributed by atoms with van der Waals surface area (Å²) in [6, 6.07) is 5.54. The van der Waals surface area contributed by atoms with Gasteiger partial charge in [0.15, 0.2) is 0 Å². The van der Waals surface area contributed by atoms with Gasteiger partial charge in [-0.2, -0.15) is 0 Å². The van der Waals surface area contributed by atoms with Gasteiger partial charge in [-0.25, -0.2) is 0 Å². The molecule has 0 radical (unpaired) electrons.